The van der Waals surface area contributed by atoms with Crippen LogP contribution in [-0.2, 0) is 4.79 Å². The number of nitrogens with zero attached hydrogens (tertiary/aromatic N) is 4. The van der Waals surface area contributed by atoms with Gasteiger partial charge in [0.05, 0.1) is 17.7 Å². The van der Waals surface area contributed by atoms with E-state index in [0.29, 0.717) is 12.5 Å². The molecule has 1 aromatic carbocycles. The van der Waals surface area contributed by atoms with Crippen LogP contribution >= 0.6 is 0 Å². The summed E-state index contributed by atoms with van der Waals surface area (Å²) in [5, 5.41) is 20.7. The van der Waals surface area contributed by atoms with Gasteiger partial charge in [-0.05, 0) is 38.5 Å². The number of ether oxygens (including phenoxy) is 1. The number of hydrogen-bond acceptors (Lipinski definition) is 7. The Morgan fingerprint density at radius 1 is 1.18 bits per heavy atom. The zero-order valence-corrected chi connectivity index (χ0v) is 20.9. The fourth-order valence-corrected chi connectivity index (χ4v) is 5.49. The lowest BCUT2D eigenvalue weighted by Crippen LogP contribution is -2.57. The van der Waals surface area contributed by atoms with Crippen LogP contribution in [0.2, 0.25) is 0 Å². The summed E-state index contributed by atoms with van der Waals surface area (Å²) in [4.78, 5) is 35.0. The van der Waals surface area contributed by atoms with Gasteiger partial charge in [-0.2, -0.15) is 0 Å². The molecule has 12 heteroatoms. The number of aromatic nitrogens is 1. The van der Waals surface area contributed by atoms with Crippen LogP contribution in [0.4, 0.5) is 19.0 Å². The molecule has 0 radical (unpaired) electrons. The number of hydrogen-bond donors (Lipinski definition) is 2. The molecular weight excluding hydrogens is 505 g/mol. The van der Waals surface area contributed by atoms with Crippen molar-refractivity contribution in [3.05, 3.63) is 47.8 Å². The Morgan fingerprint density at radius 2 is 1.89 bits per heavy atom. The molecule has 3 aliphatic rings. The Hall–Kier alpha value is -3.80. The number of carbonyl (C=O) groups excluding carboxylic acids is 2. The summed E-state index contributed by atoms with van der Waals surface area (Å²) < 4.78 is 50.9. The van der Waals surface area contributed by atoms with Crippen molar-refractivity contribution < 1.29 is 37.7 Å². The number of rotatable bonds is 3. The molecule has 0 bridgehead atoms. The van der Waals surface area contributed by atoms with Crippen LogP contribution in [0.5, 0.6) is 11.5 Å². The lowest BCUT2D eigenvalue weighted by atomic mass is 9.99. The SMILES string of the molecule is C=CC(=O)N1CCN2C(=O)c3c(N4C[C@@H](O)CC4(C)C)nc(-c4c(F)ccc(F)c4O)c(F)c3OCC2C1. The highest BCUT2D eigenvalue weighted by molar-refractivity contribution is 6.03. The van der Waals surface area contributed by atoms with Crippen LogP contribution in [0.25, 0.3) is 11.3 Å². The lowest BCUT2D eigenvalue weighted by molar-refractivity contribution is -0.128. The van der Waals surface area contributed by atoms with E-state index in [2.05, 4.69) is 11.6 Å². The number of aromatic hydroxyl groups is 1. The van der Waals surface area contributed by atoms with Crippen LogP contribution in [0.15, 0.2) is 24.8 Å². The Kier molecular flexibility index (Phi) is 6.25. The second kappa shape index (κ2) is 9.19. The molecular formula is C26H27F3N4O5. The third-order valence-electron chi connectivity index (χ3n) is 7.37. The second-order valence-electron chi connectivity index (χ2n) is 10.3. The van der Waals surface area contributed by atoms with Gasteiger partial charge in [-0.3, -0.25) is 9.59 Å². The first-order chi connectivity index (χ1) is 17.9. The topological polar surface area (TPSA) is 106 Å². The Labute approximate surface area is 216 Å². The van der Waals surface area contributed by atoms with Crippen LogP contribution in [-0.4, -0.2) is 87.3 Å². The van der Waals surface area contributed by atoms with Crippen molar-refractivity contribution >= 4 is 17.6 Å². The lowest BCUT2D eigenvalue weighted by Gasteiger charge is -2.40. The van der Waals surface area contributed by atoms with E-state index in [1.807, 2.05) is 0 Å². The highest BCUT2D eigenvalue weighted by atomic mass is 19.1. The minimum Gasteiger partial charge on any atom is -0.504 e. The van der Waals surface area contributed by atoms with Crippen LogP contribution in [0.1, 0.15) is 30.6 Å². The average Bonchev–Trinajstić information content (AvgIpc) is 3.06. The maximum Gasteiger partial charge on any atom is 0.262 e. The number of aliphatic hydroxyl groups is 1. The van der Waals surface area contributed by atoms with Gasteiger partial charge in [0, 0.05) is 31.7 Å². The largest absolute Gasteiger partial charge is 0.504 e. The monoisotopic (exact) mass is 532 g/mol. The van der Waals surface area contributed by atoms with Gasteiger partial charge in [0.25, 0.3) is 5.91 Å². The number of pyridine rings is 1. The third-order valence-corrected chi connectivity index (χ3v) is 7.37. The third kappa shape index (κ3) is 4.03. The highest BCUT2D eigenvalue weighted by Gasteiger charge is 2.45. The van der Waals surface area contributed by atoms with E-state index in [4.69, 9.17) is 4.74 Å². The Morgan fingerprint density at radius 3 is 2.55 bits per heavy atom. The molecule has 38 heavy (non-hydrogen) atoms. The number of piperazine rings is 1. The Balaban J connectivity index is 1.71. The summed E-state index contributed by atoms with van der Waals surface area (Å²) in [6.07, 6.45) is 0.673. The van der Waals surface area contributed by atoms with Gasteiger partial charge in [-0.25, -0.2) is 18.2 Å². The smallest absolute Gasteiger partial charge is 0.262 e. The number of phenolic OH excluding ortho intramolecular Hbond substituents is 1. The van der Waals surface area contributed by atoms with E-state index in [-0.39, 0.29) is 50.1 Å². The van der Waals surface area contributed by atoms with Crippen molar-refractivity contribution in [3.63, 3.8) is 0 Å². The number of halogens is 3. The van der Waals surface area contributed by atoms with E-state index in [0.717, 1.165) is 6.07 Å². The number of benzene rings is 1. The molecule has 202 valence electrons. The van der Waals surface area contributed by atoms with Crippen LogP contribution < -0.4 is 9.64 Å². The maximum atomic E-state index is 16.1. The number of fused-ring (bicyclic) bond motifs is 2. The first-order valence-corrected chi connectivity index (χ1v) is 12.2. The molecule has 2 atom stereocenters. The Bertz CT molecular complexity index is 1350. The van der Waals surface area contributed by atoms with Crippen molar-refractivity contribution in [2.75, 3.05) is 37.7 Å². The van der Waals surface area contributed by atoms with Crippen molar-refractivity contribution in [1.29, 1.82) is 0 Å². The number of aliphatic hydroxyl groups excluding tert-OH is 1. The summed E-state index contributed by atoms with van der Waals surface area (Å²) in [6, 6.07) is 0.808. The molecule has 0 spiro atoms. The molecule has 3 aliphatic heterocycles. The van der Waals surface area contributed by atoms with Crippen LogP contribution in [0, 0.1) is 17.5 Å². The number of anilines is 1. The van der Waals surface area contributed by atoms with Gasteiger partial charge in [0.15, 0.2) is 23.1 Å². The molecule has 2 N–H and O–H groups in total. The standard InChI is InChI=1S/C26H27F3N4O5/c1-4-17(35)31-7-8-32-13(10-31)12-38-23-19(25(32)37)24(33-11-14(34)9-26(33,2)3)30-21(20(23)29)18-15(27)5-6-16(28)22(18)36/h4-6,13-14,34,36H,1,7-12H2,2-3H3/t13?,14-/m0/s1. The predicted molar refractivity (Wildman–Crippen MR) is 130 cm³/mol. The average molecular weight is 533 g/mol. The van der Waals surface area contributed by atoms with Gasteiger partial charge in [0.1, 0.15) is 29.5 Å². The van der Waals surface area contributed by atoms with Gasteiger partial charge in [0.2, 0.25) is 5.91 Å². The molecule has 2 saturated heterocycles. The molecule has 2 fully saturated rings. The predicted octanol–water partition coefficient (Wildman–Crippen LogP) is 2.45. The number of phenols is 1. The molecule has 0 aliphatic carbocycles. The quantitative estimate of drug-likeness (QED) is 0.585. The summed E-state index contributed by atoms with van der Waals surface area (Å²) in [6.45, 7) is 7.41. The van der Waals surface area contributed by atoms with E-state index in [9.17, 15) is 28.6 Å². The zero-order valence-electron chi connectivity index (χ0n) is 20.9. The first-order valence-electron chi connectivity index (χ1n) is 12.2. The summed E-state index contributed by atoms with van der Waals surface area (Å²) in [5.74, 6) is -6.23. The fourth-order valence-electron chi connectivity index (χ4n) is 5.49. The number of carbonyl (C=O) groups is 2. The van der Waals surface area contributed by atoms with Crippen molar-refractivity contribution in [1.82, 2.24) is 14.8 Å². The molecule has 4 heterocycles. The van der Waals surface area contributed by atoms with Crippen molar-refractivity contribution in [2.24, 2.45) is 0 Å². The van der Waals surface area contributed by atoms with E-state index in [1.165, 1.54) is 15.9 Å². The maximum absolute atomic E-state index is 16.1. The zero-order chi connectivity index (χ0) is 27.5. The molecule has 2 aromatic rings. The molecule has 1 aromatic heterocycles. The van der Waals surface area contributed by atoms with Gasteiger partial charge in [-0.15, -0.1) is 0 Å². The van der Waals surface area contributed by atoms with Gasteiger partial charge < -0.3 is 29.6 Å². The highest BCUT2D eigenvalue weighted by Crippen LogP contribution is 2.45. The van der Waals surface area contributed by atoms with Gasteiger partial charge in [-0.1, -0.05) is 6.58 Å². The minimum atomic E-state index is -1.24. The van der Waals surface area contributed by atoms with Gasteiger partial charge >= 0.3 is 0 Å². The molecule has 9 nitrogen and oxygen atoms in total. The summed E-state index contributed by atoms with van der Waals surface area (Å²) in [7, 11) is 0. The minimum absolute atomic E-state index is 0.0352. The van der Waals surface area contributed by atoms with E-state index in [1.54, 1.807) is 18.7 Å². The fraction of sp³-hybridized carbons (Fsp3) is 0.423. The van der Waals surface area contributed by atoms with Crippen LogP contribution in [0.3, 0.4) is 0 Å². The number of amides is 2. The second-order valence-corrected chi connectivity index (χ2v) is 10.3. The number of β-amino-alcohol motifs (C(OH)–C–C–N with tert-alkyl or cyclic N) is 1. The van der Waals surface area contributed by atoms with Crippen molar-refractivity contribution in [2.45, 2.75) is 38.0 Å². The van der Waals surface area contributed by atoms with Crippen molar-refractivity contribution in [3.8, 4) is 22.8 Å². The van der Waals surface area contributed by atoms with E-state index >= 15 is 4.39 Å². The summed E-state index contributed by atoms with van der Waals surface area (Å²) in [5.41, 5.74) is -2.53. The van der Waals surface area contributed by atoms with E-state index < -0.39 is 63.8 Å². The first kappa shape index (κ1) is 25.8. The summed E-state index contributed by atoms with van der Waals surface area (Å²) >= 11 is 0. The molecule has 2 amide bonds. The molecule has 5 rings (SSSR count). The molecule has 1 unspecified atom stereocenters. The normalized spacial score (nSPS) is 22.5. The molecule has 0 saturated carbocycles.